The van der Waals surface area contributed by atoms with E-state index in [1.54, 1.807) is 12.1 Å². The number of hydrogen-bond donors (Lipinski definition) is 2. The van der Waals surface area contributed by atoms with Crippen LogP contribution in [0.15, 0.2) is 18.2 Å². The minimum absolute atomic E-state index is 0.0513. The lowest BCUT2D eigenvalue weighted by molar-refractivity contribution is -0.121. The number of carboxylic acid groups (broad SMARTS) is 1. The first kappa shape index (κ1) is 19.0. The van der Waals surface area contributed by atoms with Crippen LogP contribution in [0.5, 0.6) is 5.75 Å². The van der Waals surface area contributed by atoms with E-state index in [2.05, 4.69) is 26.1 Å². The molecule has 1 aromatic rings. The van der Waals surface area contributed by atoms with Crippen LogP contribution in [0.3, 0.4) is 0 Å². The molecule has 2 N–H and O–H groups in total. The second-order valence-electron chi connectivity index (χ2n) is 6.85. The fraction of sp³-hybridized carbons (Fsp3) is 0.556. The molecule has 0 saturated heterocycles. The van der Waals surface area contributed by atoms with Crippen LogP contribution in [-0.4, -0.2) is 30.6 Å². The summed E-state index contributed by atoms with van der Waals surface area (Å²) in [6.07, 6.45) is 3.04. The van der Waals surface area contributed by atoms with Crippen LogP contribution in [0.2, 0.25) is 0 Å². The molecule has 0 heterocycles. The third kappa shape index (κ3) is 7.17. The van der Waals surface area contributed by atoms with Crippen LogP contribution in [0.4, 0.5) is 0 Å². The number of carboxylic acids is 1. The highest BCUT2D eigenvalue weighted by Crippen LogP contribution is 2.22. The van der Waals surface area contributed by atoms with Crippen LogP contribution in [0, 0.1) is 5.41 Å². The number of nitrogens with one attached hydrogen (secondary N) is 1. The van der Waals surface area contributed by atoms with Crippen LogP contribution in [-0.2, 0) is 11.2 Å². The molecule has 0 atom stereocenters. The molecule has 0 aliphatic carbocycles. The second kappa shape index (κ2) is 8.56. The van der Waals surface area contributed by atoms with Crippen molar-refractivity contribution in [3.63, 3.8) is 0 Å². The molecule has 128 valence electrons. The molecule has 0 radical (unpaired) electrons. The molecule has 1 rings (SSSR count). The molecule has 0 spiro atoms. The molecule has 0 fully saturated rings. The van der Waals surface area contributed by atoms with Gasteiger partial charge < -0.3 is 15.2 Å². The largest absolute Gasteiger partial charge is 0.496 e. The molecular weight excluding hydrogens is 294 g/mol. The van der Waals surface area contributed by atoms with Gasteiger partial charge in [-0.2, -0.15) is 0 Å². The number of amides is 1. The van der Waals surface area contributed by atoms with Crippen molar-refractivity contribution < 1.29 is 19.4 Å². The fourth-order valence-electron chi connectivity index (χ4n) is 2.29. The van der Waals surface area contributed by atoms with Gasteiger partial charge in [0.2, 0.25) is 5.91 Å². The van der Waals surface area contributed by atoms with Crippen LogP contribution in [0.1, 0.15) is 56.0 Å². The number of methoxy groups -OCH3 is 1. The molecule has 23 heavy (non-hydrogen) atoms. The first-order chi connectivity index (χ1) is 10.7. The predicted octanol–water partition coefficient (Wildman–Crippen LogP) is 3.27. The number of rotatable bonds is 8. The molecule has 0 aliphatic rings. The van der Waals surface area contributed by atoms with Crippen molar-refractivity contribution in [2.24, 2.45) is 5.41 Å². The molecule has 5 heteroatoms. The van der Waals surface area contributed by atoms with Crippen LogP contribution >= 0.6 is 0 Å². The summed E-state index contributed by atoms with van der Waals surface area (Å²) in [6, 6.07) is 4.78. The zero-order valence-electron chi connectivity index (χ0n) is 14.4. The number of ether oxygens (including phenoxy) is 1. The third-order valence-electron chi connectivity index (χ3n) is 3.58. The predicted molar refractivity (Wildman–Crippen MR) is 90.0 cm³/mol. The van der Waals surface area contributed by atoms with Crippen molar-refractivity contribution in [2.75, 3.05) is 13.7 Å². The Labute approximate surface area is 138 Å². The Bertz CT molecular complexity index is 546. The molecule has 5 nitrogen and oxygen atoms in total. The average Bonchev–Trinajstić information content (AvgIpc) is 2.45. The van der Waals surface area contributed by atoms with Gasteiger partial charge in [0.15, 0.2) is 0 Å². The molecular formula is C18H27NO4. The first-order valence-corrected chi connectivity index (χ1v) is 7.90. The van der Waals surface area contributed by atoms with Gasteiger partial charge in [-0.15, -0.1) is 0 Å². The third-order valence-corrected chi connectivity index (χ3v) is 3.58. The maximum absolute atomic E-state index is 11.8. The summed E-state index contributed by atoms with van der Waals surface area (Å²) in [5, 5.41) is 11.9. The Morgan fingerprint density at radius 2 is 1.96 bits per heavy atom. The van der Waals surface area contributed by atoms with E-state index in [1.165, 1.54) is 13.2 Å². The van der Waals surface area contributed by atoms with Crippen molar-refractivity contribution in [2.45, 2.75) is 46.5 Å². The Morgan fingerprint density at radius 1 is 1.26 bits per heavy atom. The minimum Gasteiger partial charge on any atom is -0.496 e. The number of carbonyl (C=O) groups is 2. The summed E-state index contributed by atoms with van der Waals surface area (Å²) >= 11 is 0. The Kier molecular flexibility index (Phi) is 7.07. The lowest BCUT2D eigenvalue weighted by atomic mass is 9.90. The summed E-state index contributed by atoms with van der Waals surface area (Å²) < 4.78 is 5.22. The van der Waals surface area contributed by atoms with Gasteiger partial charge in [0.1, 0.15) is 5.75 Å². The first-order valence-electron chi connectivity index (χ1n) is 7.90. The molecule has 0 unspecified atom stereocenters. The van der Waals surface area contributed by atoms with E-state index in [9.17, 15) is 9.59 Å². The molecule has 0 aromatic heterocycles. The van der Waals surface area contributed by atoms with Gasteiger partial charge >= 0.3 is 5.97 Å². The highest BCUT2D eigenvalue weighted by atomic mass is 16.5. The van der Waals surface area contributed by atoms with E-state index in [-0.39, 0.29) is 16.9 Å². The standard InChI is InChI=1S/C18H27NO4/c1-18(2,3)10-5-6-16(20)19-11-9-13-7-8-14(17(21)22)12-15(13)23-4/h7-8,12H,5-6,9-11H2,1-4H3,(H,19,20)(H,21,22). The molecule has 0 aliphatic heterocycles. The number of hydrogen-bond acceptors (Lipinski definition) is 3. The van der Waals surface area contributed by atoms with E-state index in [0.717, 1.165) is 18.4 Å². The van der Waals surface area contributed by atoms with Crippen LogP contribution in [0.25, 0.3) is 0 Å². The van der Waals surface area contributed by atoms with Crippen molar-refractivity contribution in [3.8, 4) is 5.75 Å². The quantitative estimate of drug-likeness (QED) is 0.770. The molecule has 0 bridgehead atoms. The van der Waals surface area contributed by atoms with Crippen molar-refractivity contribution in [3.05, 3.63) is 29.3 Å². The highest BCUT2D eigenvalue weighted by Gasteiger charge is 2.12. The van der Waals surface area contributed by atoms with E-state index in [1.807, 2.05) is 0 Å². The summed E-state index contributed by atoms with van der Waals surface area (Å²) in [6.45, 7) is 7.00. The average molecular weight is 321 g/mol. The monoisotopic (exact) mass is 321 g/mol. The Morgan fingerprint density at radius 3 is 2.52 bits per heavy atom. The minimum atomic E-state index is -0.984. The maximum atomic E-state index is 11.8. The topological polar surface area (TPSA) is 75.6 Å². The van der Waals surface area contributed by atoms with Gasteiger partial charge in [-0.05, 0) is 42.4 Å². The SMILES string of the molecule is COc1cc(C(=O)O)ccc1CCNC(=O)CCCC(C)(C)C. The zero-order chi connectivity index (χ0) is 17.5. The van der Waals surface area contributed by atoms with E-state index in [4.69, 9.17) is 9.84 Å². The molecule has 1 aromatic carbocycles. The van der Waals surface area contributed by atoms with Gasteiger partial charge in [0.05, 0.1) is 12.7 Å². The second-order valence-corrected chi connectivity index (χ2v) is 6.85. The summed E-state index contributed by atoms with van der Waals surface area (Å²) in [5.74, 6) is -0.399. The zero-order valence-corrected chi connectivity index (χ0v) is 14.4. The number of carbonyl (C=O) groups excluding carboxylic acids is 1. The summed E-state index contributed by atoms with van der Waals surface area (Å²) in [7, 11) is 1.51. The lowest BCUT2D eigenvalue weighted by Gasteiger charge is -2.17. The van der Waals surface area contributed by atoms with Gasteiger partial charge in [0.25, 0.3) is 0 Å². The van der Waals surface area contributed by atoms with E-state index >= 15 is 0 Å². The fourth-order valence-corrected chi connectivity index (χ4v) is 2.29. The lowest BCUT2D eigenvalue weighted by Crippen LogP contribution is -2.25. The summed E-state index contributed by atoms with van der Waals surface area (Å²) in [4.78, 5) is 22.7. The smallest absolute Gasteiger partial charge is 0.335 e. The van der Waals surface area contributed by atoms with Crippen molar-refractivity contribution in [1.82, 2.24) is 5.32 Å². The van der Waals surface area contributed by atoms with Crippen molar-refractivity contribution >= 4 is 11.9 Å². The van der Waals surface area contributed by atoms with Gasteiger partial charge in [-0.25, -0.2) is 4.79 Å². The summed E-state index contributed by atoms with van der Waals surface area (Å²) in [5.41, 5.74) is 1.32. The Hall–Kier alpha value is -2.04. The normalized spacial score (nSPS) is 11.1. The van der Waals surface area contributed by atoms with Crippen molar-refractivity contribution in [1.29, 1.82) is 0 Å². The molecule has 1 amide bonds. The van der Waals surface area contributed by atoms with Gasteiger partial charge in [-0.3, -0.25) is 4.79 Å². The van der Waals surface area contributed by atoms with E-state index in [0.29, 0.717) is 25.1 Å². The van der Waals surface area contributed by atoms with E-state index < -0.39 is 5.97 Å². The number of benzene rings is 1. The van der Waals surface area contributed by atoms with Gasteiger partial charge in [-0.1, -0.05) is 26.8 Å². The Balaban J connectivity index is 2.43. The van der Waals surface area contributed by atoms with Crippen LogP contribution < -0.4 is 10.1 Å². The highest BCUT2D eigenvalue weighted by molar-refractivity contribution is 5.88. The van der Waals surface area contributed by atoms with Gasteiger partial charge in [0, 0.05) is 13.0 Å². The maximum Gasteiger partial charge on any atom is 0.335 e. The number of aromatic carboxylic acids is 1. The molecule has 0 saturated carbocycles.